The monoisotopic (exact) mass is 544 g/mol. The molecule has 1 amide bonds. The lowest BCUT2D eigenvalue weighted by molar-refractivity contribution is -0.146. The van der Waals surface area contributed by atoms with Crippen molar-refractivity contribution >= 4 is 41.8 Å². The first-order chi connectivity index (χ1) is 14.6. The van der Waals surface area contributed by atoms with Gasteiger partial charge in [-0.2, -0.15) is 0 Å². The molecule has 2 aliphatic rings. The minimum absolute atomic E-state index is 0. The molecule has 1 aliphatic heterocycles. The first kappa shape index (κ1) is 25.2. The molecule has 9 heteroatoms. The van der Waals surface area contributed by atoms with Crippen LogP contribution in [0.25, 0.3) is 0 Å². The summed E-state index contributed by atoms with van der Waals surface area (Å²) >= 11 is 0. The quantitative estimate of drug-likeness (QED) is 0.225. The van der Waals surface area contributed by atoms with Crippen LogP contribution in [-0.2, 0) is 20.7 Å². The Balaban J connectivity index is 0.00000341. The first-order valence-corrected chi connectivity index (χ1v) is 10.6. The number of hydrogen-bond acceptors (Lipinski definition) is 5. The second-order valence-electron chi connectivity index (χ2n) is 7.78. The molecule has 0 aromatic heterocycles. The lowest BCUT2D eigenvalue weighted by Crippen LogP contribution is -2.47. The highest BCUT2D eigenvalue weighted by Gasteiger charge is 2.27. The second-order valence-corrected chi connectivity index (χ2v) is 7.78. The predicted molar refractivity (Wildman–Crippen MR) is 130 cm³/mol. The lowest BCUT2D eigenvalue weighted by atomic mass is 9.97. The van der Waals surface area contributed by atoms with Crippen molar-refractivity contribution in [2.24, 2.45) is 10.9 Å². The van der Waals surface area contributed by atoms with Gasteiger partial charge in [0.15, 0.2) is 12.6 Å². The average molecular weight is 544 g/mol. The number of carbonyl (C=O) groups excluding carboxylic acids is 2. The van der Waals surface area contributed by atoms with Crippen LogP contribution in [0.5, 0.6) is 5.75 Å². The fraction of sp³-hybridized carbons (Fsp3) is 0.591. The summed E-state index contributed by atoms with van der Waals surface area (Å²) in [5, 5.41) is 6.31. The van der Waals surface area contributed by atoms with Gasteiger partial charge in [0, 0.05) is 32.7 Å². The topological polar surface area (TPSA) is 92.3 Å². The van der Waals surface area contributed by atoms with Crippen LogP contribution in [0.4, 0.5) is 0 Å². The molecule has 1 aromatic rings. The van der Waals surface area contributed by atoms with Crippen LogP contribution in [-0.4, -0.2) is 69.2 Å². The van der Waals surface area contributed by atoms with Gasteiger partial charge in [0.05, 0.1) is 13.0 Å². The van der Waals surface area contributed by atoms with Crippen molar-refractivity contribution in [1.82, 2.24) is 15.5 Å². The van der Waals surface area contributed by atoms with Gasteiger partial charge in [-0.25, -0.2) is 0 Å². The van der Waals surface area contributed by atoms with E-state index >= 15 is 0 Å². The summed E-state index contributed by atoms with van der Waals surface area (Å²) in [5.74, 6) is 1.37. The van der Waals surface area contributed by atoms with E-state index in [-0.39, 0.29) is 48.4 Å². The highest BCUT2D eigenvalue weighted by molar-refractivity contribution is 14.0. The SMILES string of the molecule is CN=C(NCCc1ccc(OCC(=O)NC2CC2)cc1)N1CCC(C(=O)OC)CC1.I. The molecular weight excluding hydrogens is 511 g/mol. The molecule has 8 nitrogen and oxygen atoms in total. The third-order valence-corrected chi connectivity index (χ3v) is 5.47. The number of guanidine groups is 1. The Bertz CT molecular complexity index is 744. The van der Waals surface area contributed by atoms with Gasteiger partial charge in [0.25, 0.3) is 5.91 Å². The zero-order chi connectivity index (χ0) is 21.3. The number of esters is 1. The molecule has 31 heavy (non-hydrogen) atoms. The van der Waals surface area contributed by atoms with Crippen LogP contribution in [0.3, 0.4) is 0 Å². The number of carbonyl (C=O) groups is 2. The first-order valence-electron chi connectivity index (χ1n) is 10.6. The molecule has 0 radical (unpaired) electrons. The van der Waals surface area contributed by atoms with Crippen molar-refractivity contribution in [3.05, 3.63) is 29.8 Å². The van der Waals surface area contributed by atoms with E-state index in [4.69, 9.17) is 9.47 Å². The molecule has 2 N–H and O–H groups in total. The van der Waals surface area contributed by atoms with Gasteiger partial charge < -0.3 is 25.0 Å². The summed E-state index contributed by atoms with van der Waals surface area (Å²) in [7, 11) is 3.22. The maximum atomic E-state index is 11.7. The summed E-state index contributed by atoms with van der Waals surface area (Å²) in [6.45, 7) is 2.40. The van der Waals surface area contributed by atoms with E-state index in [1.807, 2.05) is 24.3 Å². The predicted octanol–water partition coefficient (Wildman–Crippen LogP) is 1.96. The molecule has 1 aliphatic carbocycles. The lowest BCUT2D eigenvalue weighted by Gasteiger charge is -2.33. The Morgan fingerprint density at radius 3 is 2.39 bits per heavy atom. The normalized spacial score (nSPS) is 16.8. The Hall–Kier alpha value is -2.04. The third-order valence-electron chi connectivity index (χ3n) is 5.47. The van der Waals surface area contributed by atoms with Gasteiger partial charge >= 0.3 is 5.97 Å². The summed E-state index contributed by atoms with van der Waals surface area (Å²) in [5.41, 5.74) is 1.18. The molecular formula is C22H33IN4O4. The number of methoxy groups -OCH3 is 1. The van der Waals surface area contributed by atoms with Crippen LogP contribution in [0.1, 0.15) is 31.2 Å². The summed E-state index contributed by atoms with van der Waals surface area (Å²) in [6, 6.07) is 8.17. The molecule has 0 spiro atoms. The number of nitrogens with zero attached hydrogens (tertiary/aromatic N) is 2. The van der Waals surface area contributed by atoms with Crippen LogP contribution < -0.4 is 15.4 Å². The maximum absolute atomic E-state index is 11.7. The minimum atomic E-state index is -0.117. The van der Waals surface area contributed by atoms with Gasteiger partial charge in [-0.15, -0.1) is 24.0 Å². The highest BCUT2D eigenvalue weighted by atomic mass is 127. The average Bonchev–Trinajstić information content (AvgIpc) is 3.59. The number of piperidine rings is 1. The highest BCUT2D eigenvalue weighted by Crippen LogP contribution is 2.19. The number of rotatable bonds is 8. The Labute approximate surface area is 201 Å². The number of nitrogens with one attached hydrogen (secondary N) is 2. The van der Waals surface area contributed by atoms with Crippen molar-refractivity contribution in [3.63, 3.8) is 0 Å². The largest absolute Gasteiger partial charge is 0.484 e. The third kappa shape index (κ3) is 8.19. The van der Waals surface area contributed by atoms with Crippen molar-refractivity contribution < 1.29 is 19.1 Å². The molecule has 0 bridgehead atoms. The van der Waals surface area contributed by atoms with E-state index in [9.17, 15) is 9.59 Å². The summed E-state index contributed by atoms with van der Waals surface area (Å²) < 4.78 is 10.4. The molecule has 3 rings (SSSR count). The Kier molecular flexibility index (Phi) is 10.4. The summed E-state index contributed by atoms with van der Waals surface area (Å²) in [6.07, 6.45) is 4.57. The maximum Gasteiger partial charge on any atom is 0.308 e. The van der Waals surface area contributed by atoms with Crippen LogP contribution in [0, 0.1) is 5.92 Å². The molecule has 0 atom stereocenters. The van der Waals surface area contributed by atoms with E-state index in [1.165, 1.54) is 12.7 Å². The van der Waals surface area contributed by atoms with Crippen molar-refractivity contribution in [3.8, 4) is 5.75 Å². The van der Waals surface area contributed by atoms with E-state index < -0.39 is 0 Å². The van der Waals surface area contributed by atoms with E-state index in [0.717, 1.165) is 57.7 Å². The minimum Gasteiger partial charge on any atom is -0.484 e. The number of hydrogen-bond donors (Lipinski definition) is 2. The van der Waals surface area contributed by atoms with Crippen molar-refractivity contribution in [1.29, 1.82) is 0 Å². The zero-order valence-electron chi connectivity index (χ0n) is 18.3. The standard InChI is InChI=1S/C22H32N4O4.HI/c1-23-22(26-13-10-17(11-14-26)21(28)29-2)24-12-9-16-3-7-19(8-4-16)30-15-20(27)25-18-5-6-18;/h3-4,7-8,17-18H,5-6,9-15H2,1-2H3,(H,23,24)(H,25,27);1H. The van der Waals surface area contributed by atoms with Gasteiger partial charge in [0.1, 0.15) is 5.75 Å². The molecule has 0 unspecified atom stereocenters. The second kappa shape index (κ2) is 12.7. The van der Waals surface area contributed by atoms with Crippen LogP contribution in [0.2, 0.25) is 0 Å². The molecule has 172 valence electrons. The van der Waals surface area contributed by atoms with E-state index in [0.29, 0.717) is 11.8 Å². The Morgan fingerprint density at radius 1 is 1.13 bits per heavy atom. The van der Waals surface area contributed by atoms with Crippen molar-refractivity contribution in [2.75, 3.05) is 40.4 Å². The van der Waals surface area contributed by atoms with Gasteiger partial charge in [-0.1, -0.05) is 12.1 Å². The van der Waals surface area contributed by atoms with E-state index in [1.54, 1.807) is 7.05 Å². The molecule has 1 heterocycles. The molecule has 1 saturated heterocycles. The van der Waals surface area contributed by atoms with Crippen LogP contribution in [0.15, 0.2) is 29.3 Å². The number of likely N-dealkylation sites (tertiary alicyclic amines) is 1. The van der Waals surface area contributed by atoms with Gasteiger partial charge in [-0.05, 0) is 49.8 Å². The fourth-order valence-corrected chi connectivity index (χ4v) is 3.54. The zero-order valence-corrected chi connectivity index (χ0v) is 20.6. The fourth-order valence-electron chi connectivity index (χ4n) is 3.54. The van der Waals surface area contributed by atoms with E-state index in [2.05, 4.69) is 20.5 Å². The number of benzene rings is 1. The molecule has 2 fully saturated rings. The van der Waals surface area contributed by atoms with Gasteiger partial charge in [0.2, 0.25) is 0 Å². The molecule has 1 saturated carbocycles. The number of aliphatic imine (C=N–C) groups is 1. The summed E-state index contributed by atoms with van der Waals surface area (Å²) in [4.78, 5) is 29.9. The van der Waals surface area contributed by atoms with Gasteiger partial charge in [-0.3, -0.25) is 14.6 Å². The number of halogens is 1. The van der Waals surface area contributed by atoms with Crippen LogP contribution >= 0.6 is 24.0 Å². The smallest absolute Gasteiger partial charge is 0.308 e. The molecule has 1 aromatic carbocycles. The number of ether oxygens (including phenoxy) is 2. The van der Waals surface area contributed by atoms with Crippen molar-refractivity contribution in [2.45, 2.75) is 38.1 Å². The Morgan fingerprint density at radius 2 is 1.81 bits per heavy atom. The number of amides is 1.